The third kappa shape index (κ3) is 2.26. The van der Waals surface area contributed by atoms with Crippen LogP contribution in [0.2, 0.25) is 0 Å². The highest BCUT2D eigenvalue weighted by Gasteiger charge is 2.06. The predicted octanol–water partition coefficient (Wildman–Crippen LogP) is 1.47. The molecule has 96 valence electrons. The minimum Gasteiger partial charge on any atom is -0.275 e. The van der Waals surface area contributed by atoms with Crippen LogP contribution in [-0.2, 0) is 13.6 Å². The number of aromatic nitrogens is 4. The molecule has 2 aromatic heterocycles. The molecule has 0 saturated carbocycles. The van der Waals surface area contributed by atoms with Gasteiger partial charge in [0, 0.05) is 23.5 Å². The van der Waals surface area contributed by atoms with Crippen molar-refractivity contribution in [2.45, 2.75) is 11.4 Å². The molecule has 19 heavy (non-hydrogen) atoms. The lowest BCUT2D eigenvalue weighted by Gasteiger charge is -2.04. The summed E-state index contributed by atoms with van der Waals surface area (Å²) < 4.78 is 3.12. The van der Waals surface area contributed by atoms with Crippen molar-refractivity contribution in [3.63, 3.8) is 0 Å². The van der Waals surface area contributed by atoms with Gasteiger partial charge in [0.2, 0.25) is 0 Å². The molecule has 0 N–H and O–H groups in total. The zero-order valence-electron chi connectivity index (χ0n) is 10.3. The van der Waals surface area contributed by atoms with E-state index >= 15 is 0 Å². The Labute approximate surface area is 114 Å². The van der Waals surface area contributed by atoms with Crippen molar-refractivity contribution < 1.29 is 0 Å². The van der Waals surface area contributed by atoms with Gasteiger partial charge in [-0.15, -0.1) is 12.6 Å². The number of benzene rings is 1. The number of fused-ring (bicyclic) bond motifs is 1. The highest BCUT2D eigenvalue weighted by molar-refractivity contribution is 7.80. The second kappa shape index (κ2) is 4.55. The first-order valence-corrected chi connectivity index (χ1v) is 6.25. The molecule has 0 unspecified atom stereocenters. The maximum atomic E-state index is 12.3. The maximum absolute atomic E-state index is 12.3. The third-order valence-electron chi connectivity index (χ3n) is 2.92. The van der Waals surface area contributed by atoms with Gasteiger partial charge in [-0.3, -0.25) is 9.48 Å². The lowest BCUT2D eigenvalue weighted by Crippen LogP contribution is -2.23. The van der Waals surface area contributed by atoms with Crippen molar-refractivity contribution >= 4 is 23.4 Å². The second-order valence-corrected chi connectivity index (χ2v) is 4.88. The molecule has 3 aromatic rings. The molecular weight excluding hydrogens is 260 g/mol. The van der Waals surface area contributed by atoms with E-state index in [1.54, 1.807) is 23.0 Å². The number of thiol groups is 1. The highest BCUT2D eigenvalue weighted by atomic mass is 32.1. The molecular formula is C13H12N4OS. The number of hydrogen-bond donors (Lipinski definition) is 1. The summed E-state index contributed by atoms with van der Waals surface area (Å²) in [4.78, 5) is 13.1. The number of nitrogens with zero attached hydrogens (tertiary/aromatic N) is 4. The van der Waals surface area contributed by atoms with Gasteiger partial charge in [-0.25, -0.2) is 4.68 Å². The Kier molecular flexibility index (Phi) is 2.87. The van der Waals surface area contributed by atoms with Crippen LogP contribution in [0.4, 0.5) is 0 Å². The van der Waals surface area contributed by atoms with Crippen molar-refractivity contribution in [2.75, 3.05) is 0 Å². The van der Waals surface area contributed by atoms with Gasteiger partial charge in [0.15, 0.2) is 0 Å². The van der Waals surface area contributed by atoms with Gasteiger partial charge >= 0.3 is 0 Å². The molecule has 0 atom stereocenters. The van der Waals surface area contributed by atoms with Crippen LogP contribution < -0.4 is 5.56 Å². The average molecular weight is 272 g/mol. The Bertz CT molecular complexity index is 806. The fraction of sp³-hybridized carbons (Fsp3) is 0.154. The third-order valence-corrected chi connectivity index (χ3v) is 3.19. The topological polar surface area (TPSA) is 52.7 Å². The number of rotatable bonds is 2. The van der Waals surface area contributed by atoms with Crippen molar-refractivity contribution in [1.82, 2.24) is 19.6 Å². The molecule has 0 aliphatic carbocycles. The summed E-state index contributed by atoms with van der Waals surface area (Å²) in [7, 11) is 1.84. The lowest BCUT2D eigenvalue weighted by atomic mass is 10.2. The van der Waals surface area contributed by atoms with Crippen LogP contribution in [0, 0.1) is 0 Å². The van der Waals surface area contributed by atoms with Crippen LogP contribution >= 0.6 is 12.6 Å². The van der Waals surface area contributed by atoms with Gasteiger partial charge in [0.05, 0.1) is 23.8 Å². The van der Waals surface area contributed by atoms with Crippen molar-refractivity contribution in [3.05, 3.63) is 52.7 Å². The molecule has 0 radical (unpaired) electrons. The molecule has 0 spiro atoms. The van der Waals surface area contributed by atoms with Gasteiger partial charge in [-0.1, -0.05) is 0 Å². The zero-order chi connectivity index (χ0) is 13.4. The minimum atomic E-state index is -0.114. The van der Waals surface area contributed by atoms with E-state index in [0.717, 1.165) is 16.0 Å². The van der Waals surface area contributed by atoms with E-state index in [1.165, 1.54) is 4.68 Å². The van der Waals surface area contributed by atoms with E-state index in [4.69, 9.17) is 0 Å². The maximum Gasteiger partial charge on any atom is 0.274 e. The highest BCUT2D eigenvalue weighted by Crippen LogP contribution is 2.14. The summed E-state index contributed by atoms with van der Waals surface area (Å²) in [5, 5.41) is 9.86. The van der Waals surface area contributed by atoms with Gasteiger partial charge in [-0.05, 0) is 24.3 Å². The molecule has 0 aliphatic heterocycles. The summed E-state index contributed by atoms with van der Waals surface area (Å²) in [5.74, 6) is 0. The second-order valence-electron chi connectivity index (χ2n) is 4.36. The monoisotopic (exact) mass is 272 g/mol. The first-order chi connectivity index (χ1) is 9.13. The number of hydrogen-bond acceptors (Lipinski definition) is 4. The van der Waals surface area contributed by atoms with Crippen LogP contribution in [0.3, 0.4) is 0 Å². The Morgan fingerprint density at radius 1 is 1.32 bits per heavy atom. The van der Waals surface area contributed by atoms with E-state index in [-0.39, 0.29) is 5.56 Å². The Morgan fingerprint density at radius 3 is 2.89 bits per heavy atom. The van der Waals surface area contributed by atoms with Crippen molar-refractivity contribution in [1.29, 1.82) is 0 Å². The minimum absolute atomic E-state index is 0.114. The first-order valence-electron chi connectivity index (χ1n) is 5.81. The van der Waals surface area contributed by atoms with E-state index in [1.807, 2.05) is 25.4 Å². The van der Waals surface area contributed by atoms with Crippen LogP contribution in [0.25, 0.3) is 10.8 Å². The lowest BCUT2D eigenvalue weighted by molar-refractivity contribution is 0.621. The van der Waals surface area contributed by atoms with Gasteiger partial charge in [0.1, 0.15) is 0 Å². The molecule has 3 rings (SSSR count). The van der Waals surface area contributed by atoms with E-state index in [0.29, 0.717) is 11.9 Å². The molecule has 0 aliphatic rings. The first kappa shape index (κ1) is 12.0. The van der Waals surface area contributed by atoms with Gasteiger partial charge < -0.3 is 0 Å². The molecule has 6 heteroatoms. The largest absolute Gasteiger partial charge is 0.275 e. The Morgan fingerprint density at radius 2 is 2.16 bits per heavy atom. The van der Waals surface area contributed by atoms with Crippen LogP contribution in [0.15, 0.2) is 46.3 Å². The molecule has 1 aromatic carbocycles. The quantitative estimate of drug-likeness (QED) is 0.719. The van der Waals surface area contributed by atoms with E-state index in [9.17, 15) is 4.79 Å². The smallest absolute Gasteiger partial charge is 0.274 e. The number of aryl methyl sites for hydroxylation is 1. The predicted molar refractivity (Wildman–Crippen MR) is 75.6 cm³/mol. The molecule has 0 fully saturated rings. The van der Waals surface area contributed by atoms with Crippen molar-refractivity contribution in [2.24, 2.45) is 7.05 Å². The van der Waals surface area contributed by atoms with Gasteiger partial charge in [0.25, 0.3) is 5.56 Å². The summed E-state index contributed by atoms with van der Waals surface area (Å²) in [5.41, 5.74) is 0.693. The summed E-state index contributed by atoms with van der Waals surface area (Å²) in [6.07, 6.45) is 3.52. The summed E-state index contributed by atoms with van der Waals surface area (Å²) >= 11 is 4.25. The SMILES string of the molecule is Cn1ccc(Cn2ncc3cc(S)ccc3c2=O)n1. The fourth-order valence-corrected chi connectivity index (χ4v) is 2.20. The summed E-state index contributed by atoms with van der Waals surface area (Å²) in [6, 6.07) is 7.28. The normalized spacial score (nSPS) is 11.1. The van der Waals surface area contributed by atoms with E-state index in [2.05, 4.69) is 22.8 Å². The fourth-order valence-electron chi connectivity index (χ4n) is 1.99. The zero-order valence-corrected chi connectivity index (χ0v) is 11.2. The molecule has 0 saturated heterocycles. The summed E-state index contributed by atoms with van der Waals surface area (Å²) in [6.45, 7) is 0.373. The Hall–Kier alpha value is -2.08. The van der Waals surface area contributed by atoms with Crippen LogP contribution in [0.5, 0.6) is 0 Å². The van der Waals surface area contributed by atoms with Crippen LogP contribution in [-0.4, -0.2) is 19.6 Å². The van der Waals surface area contributed by atoms with Crippen molar-refractivity contribution in [3.8, 4) is 0 Å². The Balaban J connectivity index is 2.08. The van der Waals surface area contributed by atoms with E-state index < -0.39 is 0 Å². The van der Waals surface area contributed by atoms with Gasteiger partial charge in [-0.2, -0.15) is 10.2 Å². The molecule has 2 heterocycles. The molecule has 0 amide bonds. The average Bonchev–Trinajstić information content (AvgIpc) is 2.78. The van der Waals surface area contributed by atoms with Crippen LogP contribution in [0.1, 0.15) is 5.69 Å². The molecule has 5 nitrogen and oxygen atoms in total. The molecule has 0 bridgehead atoms. The standard InChI is InChI=1S/C13H12N4OS/c1-16-5-4-10(15-16)8-17-13(18)12-3-2-11(19)6-9(12)7-14-17/h2-7,19H,8H2,1H3.